The molecule has 2 aromatic rings. The lowest BCUT2D eigenvalue weighted by molar-refractivity contribution is 0.297. The van der Waals surface area contributed by atoms with Crippen molar-refractivity contribution in [1.29, 1.82) is 0 Å². The third-order valence-corrected chi connectivity index (χ3v) is 3.35. The zero-order chi connectivity index (χ0) is 15.4. The maximum Gasteiger partial charge on any atom is 0.133 e. The fraction of sp³-hybridized carbons (Fsp3) is 0.188. The molecule has 0 aliphatic carbocycles. The summed E-state index contributed by atoms with van der Waals surface area (Å²) in [5.74, 6) is 0.746. The van der Waals surface area contributed by atoms with E-state index in [1.807, 2.05) is 19.1 Å². The molecular weight excluding hydrogens is 289 g/mol. The number of methoxy groups -OCH3 is 1. The fourth-order valence-corrected chi connectivity index (χ4v) is 1.96. The molecule has 21 heavy (non-hydrogen) atoms. The highest BCUT2D eigenvalue weighted by Crippen LogP contribution is 2.22. The van der Waals surface area contributed by atoms with Gasteiger partial charge in [0.1, 0.15) is 28.9 Å². The Kier molecular flexibility index (Phi) is 4.75. The molecule has 0 aliphatic heterocycles. The first-order valence-electron chi connectivity index (χ1n) is 6.37. The Bertz CT molecular complexity index is 673. The van der Waals surface area contributed by atoms with Crippen LogP contribution >= 0.6 is 12.2 Å². The quantitative estimate of drug-likeness (QED) is 0.860. The normalized spacial score (nSPS) is 10.2. The number of hydrogen-bond donors (Lipinski definition) is 1. The SMILES string of the molecule is COc1ccc(COc2cc(C(N)=S)ccc2C)c(F)c1. The molecule has 0 spiro atoms. The van der Waals surface area contributed by atoms with Gasteiger partial charge >= 0.3 is 0 Å². The van der Waals surface area contributed by atoms with Gasteiger partial charge in [-0.15, -0.1) is 0 Å². The summed E-state index contributed by atoms with van der Waals surface area (Å²) in [4.78, 5) is 0.301. The number of halogens is 1. The summed E-state index contributed by atoms with van der Waals surface area (Å²) < 4.78 is 24.5. The van der Waals surface area contributed by atoms with Gasteiger partial charge < -0.3 is 15.2 Å². The standard InChI is InChI=1S/C16H16FNO2S/c1-10-3-4-11(16(18)21)7-15(10)20-9-12-5-6-13(19-2)8-14(12)17/h3-8H,9H2,1-2H3,(H2,18,21). The Hall–Kier alpha value is -2.14. The number of thiocarbonyl (C=S) groups is 1. The van der Waals surface area contributed by atoms with E-state index in [0.717, 1.165) is 11.1 Å². The first-order valence-corrected chi connectivity index (χ1v) is 6.77. The largest absolute Gasteiger partial charge is 0.497 e. The summed E-state index contributed by atoms with van der Waals surface area (Å²) in [7, 11) is 1.50. The van der Waals surface area contributed by atoms with E-state index in [0.29, 0.717) is 22.1 Å². The molecule has 0 radical (unpaired) electrons. The molecule has 0 heterocycles. The van der Waals surface area contributed by atoms with Crippen molar-refractivity contribution in [1.82, 2.24) is 0 Å². The lowest BCUT2D eigenvalue weighted by Crippen LogP contribution is -2.10. The van der Waals surface area contributed by atoms with Crippen molar-refractivity contribution in [2.24, 2.45) is 5.73 Å². The molecule has 0 bridgehead atoms. The van der Waals surface area contributed by atoms with E-state index >= 15 is 0 Å². The highest BCUT2D eigenvalue weighted by Gasteiger charge is 2.08. The van der Waals surface area contributed by atoms with E-state index in [-0.39, 0.29) is 12.4 Å². The molecule has 5 heteroatoms. The third kappa shape index (κ3) is 3.70. The second-order valence-corrected chi connectivity index (χ2v) is 5.03. The molecule has 0 aliphatic rings. The minimum Gasteiger partial charge on any atom is -0.497 e. The lowest BCUT2D eigenvalue weighted by atomic mass is 10.1. The van der Waals surface area contributed by atoms with Crippen LogP contribution in [0.15, 0.2) is 36.4 Å². The van der Waals surface area contributed by atoms with Crippen molar-refractivity contribution in [3.05, 3.63) is 58.9 Å². The van der Waals surface area contributed by atoms with Gasteiger partial charge in [0.2, 0.25) is 0 Å². The van der Waals surface area contributed by atoms with E-state index < -0.39 is 0 Å². The Morgan fingerprint density at radius 2 is 2.00 bits per heavy atom. The van der Waals surface area contributed by atoms with Crippen molar-refractivity contribution in [2.45, 2.75) is 13.5 Å². The smallest absolute Gasteiger partial charge is 0.133 e. The molecule has 0 fully saturated rings. The number of hydrogen-bond acceptors (Lipinski definition) is 3. The van der Waals surface area contributed by atoms with Gasteiger partial charge in [0.05, 0.1) is 7.11 Å². The van der Waals surface area contributed by atoms with Crippen molar-refractivity contribution < 1.29 is 13.9 Å². The number of ether oxygens (including phenoxy) is 2. The summed E-state index contributed by atoms with van der Waals surface area (Å²) in [6, 6.07) is 10.1. The minimum atomic E-state index is -0.363. The second kappa shape index (κ2) is 6.54. The van der Waals surface area contributed by atoms with Crippen LogP contribution in [0.5, 0.6) is 11.5 Å². The maximum atomic E-state index is 13.8. The van der Waals surface area contributed by atoms with Crippen molar-refractivity contribution >= 4 is 17.2 Å². The van der Waals surface area contributed by atoms with E-state index in [9.17, 15) is 4.39 Å². The molecule has 0 saturated heterocycles. The predicted octanol–water partition coefficient (Wildman–Crippen LogP) is 3.36. The first-order chi connectivity index (χ1) is 10.0. The minimum absolute atomic E-state index is 0.122. The Morgan fingerprint density at radius 3 is 2.62 bits per heavy atom. The fourth-order valence-electron chi connectivity index (χ4n) is 1.84. The average Bonchev–Trinajstić information content (AvgIpc) is 2.47. The van der Waals surface area contributed by atoms with Crippen LogP contribution in [0.3, 0.4) is 0 Å². The van der Waals surface area contributed by atoms with Gasteiger partial charge in [-0.3, -0.25) is 0 Å². The van der Waals surface area contributed by atoms with Gasteiger partial charge in [-0.05, 0) is 30.7 Å². The van der Waals surface area contributed by atoms with Crippen LogP contribution < -0.4 is 15.2 Å². The van der Waals surface area contributed by atoms with Crippen LogP contribution in [0.25, 0.3) is 0 Å². The average molecular weight is 305 g/mol. The summed E-state index contributed by atoms with van der Waals surface area (Å²) >= 11 is 4.94. The molecule has 2 N–H and O–H groups in total. The van der Waals surface area contributed by atoms with Crippen molar-refractivity contribution in [2.75, 3.05) is 7.11 Å². The first kappa shape index (κ1) is 15.3. The monoisotopic (exact) mass is 305 g/mol. The van der Waals surface area contributed by atoms with Gasteiger partial charge in [0, 0.05) is 17.2 Å². The molecule has 0 amide bonds. The molecule has 0 saturated carbocycles. The summed E-state index contributed by atoms with van der Waals surface area (Å²) in [5, 5.41) is 0. The molecule has 110 valence electrons. The van der Waals surface area contributed by atoms with E-state index in [1.54, 1.807) is 18.2 Å². The van der Waals surface area contributed by atoms with Crippen LogP contribution in [0.1, 0.15) is 16.7 Å². The Morgan fingerprint density at radius 1 is 1.24 bits per heavy atom. The third-order valence-electron chi connectivity index (χ3n) is 3.12. The zero-order valence-electron chi connectivity index (χ0n) is 11.9. The Balaban J connectivity index is 2.16. The molecule has 3 nitrogen and oxygen atoms in total. The van der Waals surface area contributed by atoms with Crippen LogP contribution in [-0.4, -0.2) is 12.1 Å². The number of benzene rings is 2. The van der Waals surface area contributed by atoms with Gasteiger partial charge in [0.25, 0.3) is 0 Å². The summed E-state index contributed by atoms with van der Waals surface area (Å²) in [6.07, 6.45) is 0. The van der Waals surface area contributed by atoms with Crippen LogP contribution in [0, 0.1) is 12.7 Å². The number of nitrogens with two attached hydrogens (primary N) is 1. The van der Waals surface area contributed by atoms with Gasteiger partial charge in [-0.25, -0.2) is 4.39 Å². The second-order valence-electron chi connectivity index (χ2n) is 4.59. The predicted molar refractivity (Wildman–Crippen MR) is 84.4 cm³/mol. The maximum absolute atomic E-state index is 13.8. The summed E-state index contributed by atoms with van der Waals surface area (Å²) in [5.41, 5.74) is 7.71. The molecule has 0 aromatic heterocycles. The number of rotatable bonds is 5. The molecule has 2 aromatic carbocycles. The van der Waals surface area contributed by atoms with Gasteiger partial charge in [0.15, 0.2) is 0 Å². The van der Waals surface area contributed by atoms with Crippen molar-refractivity contribution in [3.63, 3.8) is 0 Å². The number of aryl methyl sites for hydroxylation is 1. The molecule has 2 rings (SSSR count). The lowest BCUT2D eigenvalue weighted by Gasteiger charge is -2.12. The molecular formula is C16H16FNO2S. The van der Waals surface area contributed by atoms with E-state index in [1.165, 1.54) is 13.2 Å². The highest BCUT2D eigenvalue weighted by molar-refractivity contribution is 7.80. The van der Waals surface area contributed by atoms with Gasteiger partial charge in [-0.2, -0.15) is 0 Å². The Labute approximate surface area is 128 Å². The van der Waals surface area contributed by atoms with Gasteiger partial charge in [-0.1, -0.05) is 24.4 Å². The van der Waals surface area contributed by atoms with Crippen LogP contribution in [0.4, 0.5) is 4.39 Å². The van der Waals surface area contributed by atoms with Crippen molar-refractivity contribution in [3.8, 4) is 11.5 Å². The topological polar surface area (TPSA) is 44.5 Å². The van der Waals surface area contributed by atoms with Crippen LogP contribution in [-0.2, 0) is 6.61 Å². The molecule has 0 atom stereocenters. The molecule has 0 unspecified atom stereocenters. The zero-order valence-corrected chi connectivity index (χ0v) is 12.7. The van der Waals surface area contributed by atoms with E-state index in [4.69, 9.17) is 27.4 Å². The van der Waals surface area contributed by atoms with E-state index in [2.05, 4.69) is 0 Å². The van der Waals surface area contributed by atoms with Crippen LogP contribution in [0.2, 0.25) is 0 Å². The summed E-state index contributed by atoms with van der Waals surface area (Å²) in [6.45, 7) is 2.03. The highest BCUT2D eigenvalue weighted by atomic mass is 32.1.